The first-order valence-corrected chi connectivity index (χ1v) is 9.72. The number of hydrogen-bond acceptors (Lipinski definition) is 7. The van der Waals surface area contributed by atoms with Gasteiger partial charge in [-0.2, -0.15) is 0 Å². The molecular formula is C23H25NO7. The molecule has 0 saturated carbocycles. The second-order valence-corrected chi connectivity index (χ2v) is 6.91. The van der Waals surface area contributed by atoms with Gasteiger partial charge in [-0.3, -0.25) is 9.59 Å². The number of likely N-dealkylation sites (tertiary alicyclic amines) is 1. The summed E-state index contributed by atoms with van der Waals surface area (Å²) in [6.45, 7) is -0.00569. The number of aliphatic hydroxyl groups excluding tert-OH is 2. The molecule has 3 rings (SSSR count). The third-order valence-electron chi connectivity index (χ3n) is 5.20. The van der Waals surface area contributed by atoms with Crippen molar-refractivity contribution in [3.63, 3.8) is 0 Å². The maximum absolute atomic E-state index is 13.0. The van der Waals surface area contributed by atoms with E-state index in [1.54, 1.807) is 42.5 Å². The second kappa shape index (κ2) is 9.53. The van der Waals surface area contributed by atoms with Crippen molar-refractivity contribution in [2.24, 2.45) is 0 Å². The lowest BCUT2D eigenvalue weighted by atomic mass is 9.94. The first kappa shape index (κ1) is 22.2. The first-order chi connectivity index (χ1) is 15.0. The van der Waals surface area contributed by atoms with Crippen LogP contribution in [0.25, 0.3) is 5.76 Å². The highest BCUT2D eigenvalue weighted by atomic mass is 16.5. The molecule has 1 saturated heterocycles. The topological polar surface area (TPSA) is 106 Å². The quantitative estimate of drug-likeness (QED) is 0.379. The van der Waals surface area contributed by atoms with E-state index in [1.165, 1.54) is 26.2 Å². The lowest BCUT2D eigenvalue weighted by Crippen LogP contribution is -2.31. The molecule has 1 atom stereocenters. The fourth-order valence-electron chi connectivity index (χ4n) is 3.62. The zero-order valence-corrected chi connectivity index (χ0v) is 17.6. The summed E-state index contributed by atoms with van der Waals surface area (Å²) in [5, 5.41) is 20.3. The van der Waals surface area contributed by atoms with Crippen molar-refractivity contribution in [2.75, 3.05) is 34.5 Å². The van der Waals surface area contributed by atoms with Gasteiger partial charge in [-0.05, 0) is 42.8 Å². The smallest absolute Gasteiger partial charge is 0.295 e. The summed E-state index contributed by atoms with van der Waals surface area (Å²) in [5.41, 5.74) is 0.852. The molecule has 0 unspecified atom stereocenters. The fourth-order valence-corrected chi connectivity index (χ4v) is 3.62. The number of Topliss-reactive ketones (excluding diaryl/α,β-unsaturated/α-hetero) is 1. The highest BCUT2D eigenvalue weighted by Gasteiger charge is 2.46. The molecule has 8 nitrogen and oxygen atoms in total. The molecule has 164 valence electrons. The van der Waals surface area contributed by atoms with E-state index in [4.69, 9.17) is 14.2 Å². The number of rotatable bonds is 8. The van der Waals surface area contributed by atoms with E-state index < -0.39 is 17.7 Å². The van der Waals surface area contributed by atoms with Crippen LogP contribution in [-0.4, -0.2) is 61.3 Å². The van der Waals surface area contributed by atoms with Gasteiger partial charge in [0, 0.05) is 30.3 Å². The Hall–Kier alpha value is -3.52. The molecular weight excluding hydrogens is 402 g/mol. The van der Waals surface area contributed by atoms with Crippen LogP contribution in [0.2, 0.25) is 0 Å². The normalized spacial score (nSPS) is 17.7. The molecule has 0 spiro atoms. The standard InChI is InChI=1S/C23H25NO7/c1-29-15-7-5-14(6-8-15)21(26)19-20(24(11-4-12-25)23(28)22(19)27)17-10-9-16(30-2)13-18(17)31-3/h5-10,13,20,25-26H,4,11-12H2,1-3H3/b21-19+/t20-/m0/s1. The molecule has 0 radical (unpaired) electrons. The van der Waals surface area contributed by atoms with Crippen LogP contribution in [0.3, 0.4) is 0 Å². The van der Waals surface area contributed by atoms with Crippen molar-refractivity contribution < 1.29 is 34.0 Å². The molecule has 0 aliphatic carbocycles. The minimum Gasteiger partial charge on any atom is -0.507 e. The van der Waals surface area contributed by atoms with Gasteiger partial charge in [-0.15, -0.1) is 0 Å². The summed E-state index contributed by atoms with van der Waals surface area (Å²) in [6.07, 6.45) is 0.282. The van der Waals surface area contributed by atoms with Gasteiger partial charge in [0.2, 0.25) is 0 Å². The molecule has 8 heteroatoms. The number of aliphatic hydroxyl groups is 2. The van der Waals surface area contributed by atoms with Gasteiger partial charge in [0.05, 0.1) is 32.9 Å². The van der Waals surface area contributed by atoms with Crippen LogP contribution < -0.4 is 14.2 Å². The molecule has 2 aromatic carbocycles. The number of amides is 1. The Morgan fingerprint density at radius 1 is 0.968 bits per heavy atom. The first-order valence-electron chi connectivity index (χ1n) is 9.72. The minimum absolute atomic E-state index is 0.0448. The third-order valence-corrected chi connectivity index (χ3v) is 5.20. The van der Waals surface area contributed by atoms with Crippen LogP contribution in [0, 0.1) is 0 Å². The number of carbonyl (C=O) groups is 2. The Bertz CT molecular complexity index is 997. The van der Waals surface area contributed by atoms with Crippen molar-refractivity contribution in [2.45, 2.75) is 12.5 Å². The molecule has 2 aromatic rings. The van der Waals surface area contributed by atoms with Crippen LogP contribution in [0.5, 0.6) is 17.2 Å². The lowest BCUT2D eigenvalue weighted by Gasteiger charge is -2.26. The molecule has 2 N–H and O–H groups in total. The van der Waals surface area contributed by atoms with E-state index >= 15 is 0 Å². The van der Waals surface area contributed by atoms with Gasteiger partial charge in [-0.25, -0.2) is 0 Å². The summed E-state index contributed by atoms with van der Waals surface area (Å²) >= 11 is 0. The molecule has 0 bridgehead atoms. The van der Waals surface area contributed by atoms with Crippen LogP contribution in [0.4, 0.5) is 0 Å². The van der Waals surface area contributed by atoms with Gasteiger partial charge in [0.15, 0.2) is 0 Å². The molecule has 1 aliphatic rings. The number of ketones is 1. The summed E-state index contributed by atoms with van der Waals surface area (Å²) in [6, 6.07) is 10.7. The monoisotopic (exact) mass is 427 g/mol. The Morgan fingerprint density at radius 2 is 1.61 bits per heavy atom. The summed E-state index contributed by atoms with van der Waals surface area (Å²) in [7, 11) is 4.52. The zero-order valence-electron chi connectivity index (χ0n) is 17.6. The second-order valence-electron chi connectivity index (χ2n) is 6.91. The van der Waals surface area contributed by atoms with Crippen LogP contribution in [-0.2, 0) is 9.59 Å². The highest BCUT2D eigenvalue weighted by Crippen LogP contribution is 2.43. The van der Waals surface area contributed by atoms with Crippen LogP contribution >= 0.6 is 0 Å². The van der Waals surface area contributed by atoms with Gasteiger partial charge < -0.3 is 29.3 Å². The van der Waals surface area contributed by atoms with E-state index in [2.05, 4.69) is 0 Å². The molecule has 1 heterocycles. The molecule has 1 aliphatic heterocycles. The van der Waals surface area contributed by atoms with E-state index in [9.17, 15) is 19.8 Å². The predicted octanol–water partition coefficient (Wildman–Crippen LogP) is 2.52. The number of methoxy groups -OCH3 is 3. The molecule has 1 fully saturated rings. The third kappa shape index (κ3) is 4.20. The van der Waals surface area contributed by atoms with E-state index in [0.717, 1.165) is 0 Å². The van der Waals surface area contributed by atoms with Crippen LogP contribution in [0.1, 0.15) is 23.6 Å². The van der Waals surface area contributed by atoms with E-state index in [-0.39, 0.29) is 30.9 Å². The Kier molecular flexibility index (Phi) is 6.81. The largest absolute Gasteiger partial charge is 0.507 e. The maximum Gasteiger partial charge on any atom is 0.295 e. The Morgan fingerprint density at radius 3 is 2.19 bits per heavy atom. The fraction of sp³-hybridized carbons (Fsp3) is 0.304. The van der Waals surface area contributed by atoms with E-state index in [0.29, 0.717) is 28.4 Å². The number of hydrogen-bond donors (Lipinski definition) is 2. The molecule has 1 amide bonds. The van der Waals surface area contributed by atoms with Crippen LogP contribution in [0.15, 0.2) is 48.0 Å². The molecule has 31 heavy (non-hydrogen) atoms. The number of benzene rings is 2. The van der Waals surface area contributed by atoms with Gasteiger partial charge >= 0.3 is 0 Å². The minimum atomic E-state index is -0.880. The summed E-state index contributed by atoms with van der Waals surface area (Å²) in [5.74, 6) is -0.298. The predicted molar refractivity (Wildman–Crippen MR) is 113 cm³/mol. The van der Waals surface area contributed by atoms with Crippen molar-refractivity contribution in [1.29, 1.82) is 0 Å². The lowest BCUT2D eigenvalue weighted by molar-refractivity contribution is -0.140. The summed E-state index contributed by atoms with van der Waals surface area (Å²) < 4.78 is 15.9. The maximum atomic E-state index is 13.0. The van der Waals surface area contributed by atoms with E-state index in [1.807, 2.05) is 0 Å². The Balaban J connectivity index is 2.19. The summed E-state index contributed by atoms with van der Waals surface area (Å²) in [4.78, 5) is 27.1. The van der Waals surface area contributed by atoms with Crippen molar-refractivity contribution in [3.8, 4) is 17.2 Å². The SMILES string of the molecule is COc1ccc(/C(O)=C2\C(=O)C(=O)N(CCCO)[C@H]2c2ccc(OC)cc2OC)cc1. The van der Waals surface area contributed by atoms with Crippen molar-refractivity contribution in [1.82, 2.24) is 4.90 Å². The average molecular weight is 427 g/mol. The number of carbonyl (C=O) groups excluding carboxylic acids is 2. The highest BCUT2D eigenvalue weighted by molar-refractivity contribution is 6.46. The Labute approximate surface area is 180 Å². The average Bonchev–Trinajstić information content (AvgIpc) is 3.06. The molecule has 0 aromatic heterocycles. The van der Waals surface area contributed by atoms with Crippen molar-refractivity contribution in [3.05, 3.63) is 59.2 Å². The number of nitrogens with zero attached hydrogens (tertiary/aromatic N) is 1. The van der Waals surface area contributed by atoms with Gasteiger partial charge in [0.25, 0.3) is 11.7 Å². The van der Waals surface area contributed by atoms with Gasteiger partial charge in [0.1, 0.15) is 23.0 Å². The zero-order chi connectivity index (χ0) is 22.5. The van der Waals surface area contributed by atoms with Gasteiger partial charge in [-0.1, -0.05) is 0 Å². The number of ether oxygens (including phenoxy) is 3. The van der Waals surface area contributed by atoms with Crippen molar-refractivity contribution >= 4 is 17.4 Å².